The molecule has 0 aromatic rings. The Bertz CT molecular complexity index is 598. The third-order valence-electron chi connectivity index (χ3n) is 3.53. The number of cyclic esters (lactones) is 1. The number of hydrogen-bond acceptors (Lipinski definition) is 2. The lowest BCUT2D eigenvalue weighted by Crippen LogP contribution is -2.34. The van der Waals surface area contributed by atoms with Crippen molar-refractivity contribution in [3.8, 4) is 0 Å². The third-order valence-corrected chi connectivity index (χ3v) is 3.53. The van der Waals surface area contributed by atoms with Crippen molar-refractivity contribution in [3.05, 3.63) is 22.8 Å². The Labute approximate surface area is 112 Å². The molecule has 1 aliphatic heterocycles. The van der Waals surface area contributed by atoms with Crippen molar-refractivity contribution < 1.29 is 17.8 Å². The Kier molecular flexibility index (Phi) is 1.72. The second-order valence-electron chi connectivity index (χ2n) is 5.36. The topological polar surface area (TPSA) is 26.3 Å². The van der Waals surface area contributed by atoms with Gasteiger partial charge in [-0.15, -0.1) is 0 Å². The molecular weight excluding hydrogens is 212 g/mol. The van der Waals surface area contributed by atoms with Crippen LogP contribution in [-0.4, -0.2) is 12.1 Å². The second kappa shape index (κ2) is 4.32. The summed E-state index contributed by atoms with van der Waals surface area (Å²) in [6, 6.07) is -0.891. The molecule has 2 aliphatic rings. The van der Waals surface area contributed by atoms with Crippen LogP contribution in [0.4, 0.5) is 0 Å². The highest BCUT2D eigenvalue weighted by atomic mass is 16.5. The van der Waals surface area contributed by atoms with Crippen LogP contribution < -0.4 is 0 Å². The molecule has 0 aromatic heterocycles. The minimum absolute atomic E-state index is 0.389. The van der Waals surface area contributed by atoms with E-state index in [2.05, 4.69) is 0 Å². The van der Waals surface area contributed by atoms with Crippen molar-refractivity contribution in [2.24, 2.45) is 5.41 Å². The molecule has 94 valence electrons. The summed E-state index contributed by atoms with van der Waals surface area (Å²) in [6.45, 7) is 2.91. The van der Waals surface area contributed by atoms with Gasteiger partial charge in [0.2, 0.25) is 0 Å². The summed E-state index contributed by atoms with van der Waals surface area (Å²) >= 11 is 0. The first-order valence-corrected chi connectivity index (χ1v) is 5.93. The lowest BCUT2D eigenvalue weighted by atomic mass is 9.69. The van der Waals surface area contributed by atoms with Crippen molar-refractivity contribution in [2.45, 2.75) is 59.4 Å². The van der Waals surface area contributed by atoms with E-state index in [4.69, 9.17) is 13.0 Å². The normalized spacial score (nSPS) is 38.3. The highest BCUT2D eigenvalue weighted by Gasteiger charge is 2.36. The molecule has 1 heterocycles. The van der Waals surface area contributed by atoms with Crippen molar-refractivity contribution in [3.63, 3.8) is 0 Å². The van der Waals surface area contributed by atoms with Gasteiger partial charge in [0.05, 0.1) is 1.37 Å². The van der Waals surface area contributed by atoms with Crippen LogP contribution in [0.1, 0.15) is 61.5 Å². The second-order valence-corrected chi connectivity index (χ2v) is 5.36. The molecule has 2 rings (SSSR count). The fourth-order valence-corrected chi connectivity index (χ4v) is 2.79. The summed E-state index contributed by atoms with van der Waals surface area (Å²) < 4.78 is 52.2. The zero-order chi connectivity index (χ0) is 17.8. The largest absolute Gasteiger partial charge is 0.454 e. The summed E-state index contributed by atoms with van der Waals surface area (Å²) in [4.78, 5) is 12.0. The van der Waals surface area contributed by atoms with Gasteiger partial charge in [0.15, 0.2) is 0 Å². The van der Waals surface area contributed by atoms with Crippen LogP contribution in [0.5, 0.6) is 0 Å². The first-order valence-electron chi connectivity index (χ1n) is 8.93. The van der Waals surface area contributed by atoms with Crippen LogP contribution in [0.2, 0.25) is 0 Å². The Morgan fingerprint density at radius 2 is 2.41 bits per heavy atom. The maximum atomic E-state index is 12.0. The van der Waals surface area contributed by atoms with Crippen molar-refractivity contribution in [1.82, 2.24) is 0 Å². The summed E-state index contributed by atoms with van der Waals surface area (Å²) in [5.74, 6) is -1.07. The average molecular weight is 240 g/mol. The molecule has 0 fully saturated rings. The van der Waals surface area contributed by atoms with E-state index in [9.17, 15) is 4.79 Å². The first-order chi connectivity index (χ1) is 10.3. The SMILES string of the molecule is [2H]C1=C(C([2H])([2H])[2H])C([2H])([2H])C(C2=C(C)CCCC2(C)C)OC1=O. The van der Waals surface area contributed by atoms with E-state index in [1.54, 1.807) is 0 Å². The standard InChI is InChI=1S/C15H22O2/c1-10-8-12(17-13(16)9-10)14-11(2)6-5-7-15(14,3)4/h9,12H,5-8H2,1-4H3/i1D3,8D2,9D. The molecule has 0 saturated heterocycles. The van der Waals surface area contributed by atoms with E-state index in [0.717, 1.165) is 24.8 Å². The van der Waals surface area contributed by atoms with E-state index in [1.807, 2.05) is 20.8 Å². The van der Waals surface area contributed by atoms with Gasteiger partial charge in [-0.25, -0.2) is 4.79 Å². The van der Waals surface area contributed by atoms with E-state index in [1.165, 1.54) is 0 Å². The van der Waals surface area contributed by atoms with Crippen LogP contribution in [-0.2, 0) is 9.53 Å². The summed E-state index contributed by atoms with van der Waals surface area (Å²) in [6.07, 6.45) is -1.19. The maximum Gasteiger partial charge on any atom is 0.331 e. The van der Waals surface area contributed by atoms with E-state index in [-0.39, 0.29) is 5.41 Å². The molecule has 0 amide bonds. The molecule has 2 nitrogen and oxygen atoms in total. The Hall–Kier alpha value is -1.05. The fraction of sp³-hybridized carbons (Fsp3) is 0.667. The lowest BCUT2D eigenvalue weighted by molar-refractivity contribution is -0.143. The number of carbonyl (C=O) groups excluding carboxylic acids is 1. The van der Waals surface area contributed by atoms with Gasteiger partial charge in [0.1, 0.15) is 6.10 Å². The van der Waals surface area contributed by atoms with Gasteiger partial charge in [-0.05, 0) is 44.0 Å². The van der Waals surface area contributed by atoms with Crippen LogP contribution in [0.3, 0.4) is 0 Å². The number of esters is 1. The van der Waals surface area contributed by atoms with Crippen LogP contribution >= 0.6 is 0 Å². The molecule has 0 N–H and O–H groups in total. The van der Waals surface area contributed by atoms with Gasteiger partial charge >= 0.3 is 5.97 Å². The Morgan fingerprint density at radius 3 is 3.06 bits per heavy atom. The van der Waals surface area contributed by atoms with Crippen LogP contribution in [0.25, 0.3) is 0 Å². The predicted octanol–water partition coefficient (Wildman–Crippen LogP) is 3.77. The Balaban J connectivity index is 2.65. The van der Waals surface area contributed by atoms with Gasteiger partial charge in [0.25, 0.3) is 0 Å². The monoisotopic (exact) mass is 240 g/mol. The molecular formula is C15H22O2. The number of rotatable bonds is 1. The summed E-state index contributed by atoms with van der Waals surface area (Å²) in [7, 11) is 0. The van der Waals surface area contributed by atoms with Gasteiger partial charge in [0, 0.05) is 19.3 Å². The zero-order valence-corrected chi connectivity index (χ0v) is 10.5. The third kappa shape index (κ3) is 2.46. The van der Waals surface area contributed by atoms with Crippen molar-refractivity contribution in [2.75, 3.05) is 0 Å². The molecule has 2 heteroatoms. The average Bonchev–Trinajstić information content (AvgIpc) is 2.32. The predicted molar refractivity (Wildman–Crippen MR) is 68.6 cm³/mol. The molecule has 1 unspecified atom stereocenters. The van der Waals surface area contributed by atoms with E-state index in [0.29, 0.717) is 5.57 Å². The van der Waals surface area contributed by atoms with Gasteiger partial charge < -0.3 is 4.74 Å². The van der Waals surface area contributed by atoms with Crippen molar-refractivity contribution in [1.29, 1.82) is 0 Å². The molecule has 1 aliphatic carbocycles. The Morgan fingerprint density at radius 1 is 1.65 bits per heavy atom. The minimum atomic E-state index is -2.86. The quantitative estimate of drug-likeness (QED) is 0.515. The summed E-state index contributed by atoms with van der Waals surface area (Å²) in [5.41, 5.74) is 0.436. The highest BCUT2D eigenvalue weighted by Crippen LogP contribution is 2.44. The van der Waals surface area contributed by atoms with Crippen LogP contribution in [0.15, 0.2) is 22.8 Å². The highest BCUT2D eigenvalue weighted by molar-refractivity contribution is 5.84. The van der Waals surface area contributed by atoms with Crippen molar-refractivity contribution >= 4 is 5.97 Å². The molecule has 0 radical (unpaired) electrons. The van der Waals surface area contributed by atoms with Crippen LogP contribution in [0, 0.1) is 5.41 Å². The fourth-order valence-electron chi connectivity index (χ4n) is 2.79. The maximum absolute atomic E-state index is 12.0. The molecule has 0 bridgehead atoms. The lowest BCUT2D eigenvalue weighted by Gasteiger charge is -2.39. The molecule has 0 spiro atoms. The molecule has 1 atom stereocenters. The molecule has 17 heavy (non-hydrogen) atoms. The smallest absolute Gasteiger partial charge is 0.331 e. The zero-order valence-electron chi connectivity index (χ0n) is 16.5. The number of allylic oxidation sites excluding steroid dienone is 1. The summed E-state index contributed by atoms with van der Waals surface area (Å²) in [5, 5.41) is 0. The number of carbonyl (C=O) groups is 1. The minimum Gasteiger partial charge on any atom is -0.454 e. The molecule has 0 aromatic carbocycles. The number of hydrogen-bond donors (Lipinski definition) is 0. The number of ether oxygens (including phenoxy) is 1. The molecule has 0 saturated carbocycles. The van der Waals surface area contributed by atoms with Gasteiger partial charge in [-0.1, -0.05) is 25.0 Å². The van der Waals surface area contributed by atoms with Gasteiger partial charge in [-0.3, -0.25) is 0 Å². The van der Waals surface area contributed by atoms with E-state index >= 15 is 0 Å². The first kappa shape index (κ1) is 6.77. The van der Waals surface area contributed by atoms with Gasteiger partial charge in [-0.2, -0.15) is 0 Å². The van der Waals surface area contributed by atoms with E-state index < -0.39 is 36.9 Å².